The van der Waals surface area contributed by atoms with Crippen molar-refractivity contribution in [2.45, 2.75) is 13.3 Å². The Balaban J connectivity index is 1.81. The van der Waals surface area contributed by atoms with Crippen LogP contribution in [0.1, 0.15) is 22.8 Å². The minimum atomic E-state index is -5.32. The van der Waals surface area contributed by atoms with E-state index in [1.165, 1.54) is 6.92 Å². The van der Waals surface area contributed by atoms with Gasteiger partial charge >= 0.3 is 18.3 Å². The number of rotatable bonds is 7. The number of hydrogen-bond donors (Lipinski definition) is 0. The first-order chi connectivity index (χ1) is 17.3. The van der Waals surface area contributed by atoms with E-state index in [1.54, 1.807) is 0 Å². The van der Waals surface area contributed by atoms with Gasteiger partial charge in [0.1, 0.15) is 22.9 Å². The van der Waals surface area contributed by atoms with Crippen molar-refractivity contribution in [3.63, 3.8) is 0 Å². The molecule has 0 saturated carbocycles. The summed E-state index contributed by atoms with van der Waals surface area (Å²) in [5.74, 6) is -11.6. The Morgan fingerprint density at radius 3 is 1.84 bits per heavy atom. The van der Waals surface area contributed by atoms with Crippen LogP contribution in [0.2, 0.25) is 0 Å². The monoisotopic (exact) mass is 536 g/mol. The van der Waals surface area contributed by atoms with Crippen molar-refractivity contribution >= 4 is 11.8 Å². The van der Waals surface area contributed by atoms with Gasteiger partial charge in [-0.2, -0.15) is 8.78 Å². The van der Waals surface area contributed by atoms with Crippen molar-refractivity contribution in [1.29, 1.82) is 0 Å². The van der Waals surface area contributed by atoms with E-state index < -0.39 is 64.3 Å². The minimum absolute atomic E-state index is 0.0662. The van der Waals surface area contributed by atoms with E-state index >= 15 is 0 Å². The van der Waals surface area contributed by atoms with Gasteiger partial charge in [0.15, 0.2) is 11.6 Å². The van der Waals surface area contributed by atoms with Gasteiger partial charge in [-0.3, -0.25) is 0 Å². The molecule has 4 nitrogen and oxygen atoms in total. The molecule has 0 unspecified atom stereocenters. The van der Waals surface area contributed by atoms with Gasteiger partial charge in [0, 0.05) is 5.56 Å². The molecule has 0 aliphatic carbocycles. The van der Waals surface area contributed by atoms with E-state index in [9.17, 15) is 44.3 Å². The summed E-state index contributed by atoms with van der Waals surface area (Å²) in [4.78, 5) is 12.3. The lowest BCUT2D eigenvalue weighted by atomic mass is 10.0. The van der Waals surface area contributed by atoms with Crippen LogP contribution in [0.5, 0.6) is 11.5 Å². The number of esters is 1. The summed E-state index contributed by atoms with van der Waals surface area (Å²) in [6.07, 6.45) is -5.32. The maximum absolute atomic E-state index is 14.3. The highest BCUT2D eigenvalue weighted by molar-refractivity contribution is 5.92. The fourth-order valence-electron chi connectivity index (χ4n) is 3.01. The summed E-state index contributed by atoms with van der Waals surface area (Å²) >= 11 is 0. The van der Waals surface area contributed by atoms with Crippen molar-refractivity contribution in [3.05, 3.63) is 88.9 Å². The smallest absolute Gasteiger partial charge is 0.469 e. The fourth-order valence-corrected chi connectivity index (χ4v) is 3.01. The Morgan fingerprint density at radius 1 is 0.811 bits per heavy atom. The number of benzene rings is 3. The molecule has 0 saturated heterocycles. The Labute approximate surface area is 202 Å². The number of halogens is 9. The zero-order valence-corrected chi connectivity index (χ0v) is 18.4. The summed E-state index contributed by atoms with van der Waals surface area (Å²) < 4.78 is 133. The van der Waals surface area contributed by atoms with Crippen molar-refractivity contribution in [2.75, 3.05) is 6.61 Å². The van der Waals surface area contributed by atoms with Crippen LogP contribution >= 0.6 is 0 Å². The third-order valence-corrected chi connectivity index (χ3v) is 4.56. The average Bonchev–Trinajstić information content (AvgIpc) is 2.80. The Hall–Kier alpha value is -4.16. The fraction of sp³-hybridized carbons (Fsp3) is 0.125. The highest BCUT2D eigenvalue weighted by Gasteiger charge is 2.34. The standard InChI is InChI=1S/C24H13F9O4/c1-2-35-22(30)20(29)13-9-15(25)19(16(26)10-13)23(34)36-14-5-3-11(4-6-14)12-7-17(27)21(18(28)8-12)37-24(31,32)33/h3-10H,2H2,1H3. The van der Waals surface area contributed by atoms with E-state index in [4.69, 9.17) is 4.74 Å². The molecule has 3 rings (SSSR count). The topological polar surface area (TPSA) is 44.8 Å². The number of hydrogen-bond acceptors (Lipinski definition) is 4. The van der Waals surface area contributed by atoms with Crippen LogP contribution in [-0.2, 0) is 4.74 Å². The molecule has 37 heavy (non-hydrogen) atoms. The normalized spacial score (nSPS) is 12.2. The average molecular weight is 536 g/mol. The Kier molecular flexibility index (Phi) is 8.04. The molecule has 3 aromatic rings. The molecule has 0 fully saturated rings. The van der Waals surface area contributed by atoms with Crippen molar-refractivity contribution in [1.82, 2.24) is 0 Å². The van der Waals surface area contributed by atoms with Crippen molar-refractivity contribution < 1.29 is 58.5 Å². The van der Waals surface area contributed by atoms with Crippen LogP contribution in [0.15, 0.2) is 54.5 Å². The first-order valence-electron chi connectivity index (χ1n) is 10.1. The highest BCUT2D eigenvalue weighted by Crippen LogP contribution is 2.33. The zero-order chi connectivity index (χ0) is 27.5. The summed E-state index contributed by atoms with van der Waals surface area (Å²) in [5.41, 5.74) is -2.23. The molecule has 0 atom stereocenters. The molecule has 0 bridgehead atoms. The minimum Gasteiger partial charge on any atom is -0.469 e. The molecule has 0 spiro atoms. The van der Waals surface area contributed by atoms with Gasteiger partial charge in [0.25, 0.3) is 0 Å². The van der Waals surface area contributed by atoms with E-state index in [0.717, 1.165) is 24.3 Å². The maximum Gasteiger partial charge on any atom is 0.573 e. The first-order valence-corrected chi connectivity index (χ1v) is 10.1. The van der Waals surface area contributed by atoms with E-state index in [0.29, 0.717) is 24.3 Å². The molecule has 0 amide bonds. The quantitative estimate of drug-likeness (QED) is 0.135. The maximum atomic E-state index is 14.3. The Morgan fingerprint density at radius 2 is 1.35 bits per heavy atom. The van der Waals surface area contributed by atoms with Crippen molar-refractivity contribution in [2.24, 2.45) is 0 Å². The number of carbonyl (C=O) groups excluding carboxylic acids is 1. The number of ether oxygens (including phenoxy) is 3. The third kappa shape index (κ3) is 6.54. The van der Waals surface area contributed by atoms with E-state index in [2.05, 4.69) is 9.47 Å². The summed E-state index contributed by atoms with van der Waals surface area (Å²) in [7, 11) is 0. The summed E-state index contributed by atoms with van der Waals surface area (Å²) in [6, 6.07) is 4.55. The second-order valence-electron chi connectivity index (χ2n) is 7.07. The molecule has 13 heteroatoms. The molecule has 3 aromatic carbocycles. The van der Waals surface area contributed by atoms with Crippen LogP contribution in [0.4, 0.5) is 39.5 Å². The lowest BCUT2D eigenvalue weighted by Crippen LogP contribution is -2.19. The van der Waals surface area contributed by atoms with Crippen LogP contribution < -0.4 is 9.47 Å². The number of alkyl halides is 3. The lowest BCUT2D eigenvalue weighted by Gasteiger charge is -2.12. The van der Waals surface area contributed by atoms with Crippen LogP contribution in [0.25, 0.3) is 17.0 Å². The molecule has 0 radical (unpaired) electrons. The second kappa shape index (κ2) is 10.8. The molecule has 0 aliphatic heterocycles. The van der Waals surface area contributed by atoms with Crippen molar-refractivity contribution in [3.8, 4) is 22.6 Å². The molecule has 0 aliphatic rings. The van der Waals surface area contributed by atoms with E-state index in [-0.39, 0.29) is 23.5 Å². The second-order valence-corrected chi connectivity index (χ2v) is 7.07. The molecule has 0 heterocycles. The van der Waals surface area contributed by atoms with Crippen LogP contribution in [-0.4, -0.2) is 18.9 Å². The number of carbonyl (C=O) groups is 1. The van der Waals surface area contributed by atoms with Gasteiger partial charge in [-0.05, 0) is 54.4 Å². The predicted molar refractivity (Wildman–Crippen MR) is 111 cm³/mol. The van der Waals surface area contributed by atoms with Gasteiger partial charge in [0.2, 0.25) is 11.6 Å². The lowest BCUT2D eigenvalue weighted by molar-refractivity contribution is -0.276. The largest absolute Gasteiger partial charge is 0.573 e. The Bertz CT molecular complexity index is 1300. The van der Waals surface area contributed by atoms with Gasteiger partial charge < -0.3 is 14.2 Å². The molecular weight excluding hydrogens is 523 g/mol. The van der Waals surface area contributed by atoms with Gasteiger partial charge in [-0.1, -0.05) is 12.1 Å². The van der Waals surface area contributed by atoms with Crippen LogP contribution in [0.3, 0.4) is 0 Å². The summed E-state index contributed by atoms with van der Waals surface area (Å²) in [5, 5.41) is 0. The van der Waals surface area contributed by atoms with Gasteiger partial charge in [-0.15, -0.1) is 13.2 Å². The first kappa shape index (κ1) is 27.4. The van der Waals surface area contributed by atoms with Crippen LogP contribution in [0, 0.1) is 23.3 Å². The summed E-state index contributed by atoms with van der Waals surface area (Å²) in [6.45, 7) is 1.09. The van der Waals surface area contributed by atoms with Gasteiger partial charge in [-0.25, -0.2) is 22.4 Å². The highest BCUT2D eigenvalue weighted by atomic mass is 19.4. The zero-order valence-electron chi connectivity index (χ0n) is 18.4. The SMILES string of the molecule is CCOC(F)=C(F)c1cc(F)c(C(=O)Oc2ccc(-c3cc(F)c(OC(F)(F)F)c(F)c3)cc2)c(F)c1. The predicted octanol–water partition coefficient (Wildman–Crippen LogP) is 7.63. The molecule has 0 N–H and O–H groups in total. The molecule has 0 aromatic heterocycles. The molecule has 196 valence electrons. The van der Waals surface area contributed by atoms with E-state index in [1.807, 2.05) is 0 Å². The van der Waals surface area contributed by atoms with Gasteiger partial charge in [0.05, 0.1) is 6.61 Å². The third-order valence-electron chi connectivity index (χ3n) is 4.56. The molecular formula is C24H13F9O4.